The molecule has 0 radical (unpaired) electrons. The van der Waals surface area contributed by atoms with Crippen molar-refractivity contribution >= 4 is 0 Å². The zero-order valence-electron chi connectivity index (χ0n) is 11.1. The van der Waals surface area contributed by atoms with Crippen molar-refractivity contribution in [1.82, 2.24) is 5.32 Å². The number of nitrogens with zero attached hydrogens (tertiary/aromatic N) is 1. The van der Waals surface area contributed by atoms with E-state index in [0.717, 1.165) is 38.1 Å². The summed E-state index contributed by atoms with van der Waals surface area (Å²) < 4.78 is 5.74. The van der Waals surface area contributed by atoms with E-state index >= 15 is 0 Å². The molecule has 1 aliphatic heterocycles. The van der Waals surface area contributed by atoms with Crippen LogP contribution in [0.15, 0.2) is 18.2 Å². The van der Waals surface area contributed by atoms with Gasteiger partial charge in [-0.25, -0.2) is 0 Å². The molecular weight excluding hydrogens is 224 g/mol. The molecule has 0 bridgehead atoms. The molecule has 96 valence electrons. The van der Waals surface area contributed by atoms with Crippen LogP contribution in [0.5, 0.6) is 0 Å². The van der Waals surface area contributed by atoms with Crippen molar-refractivity contribution in [1.29, 1.82) is 5.26 Å². The topological polar surface area (TPSA) is 45.0 Å². The molecule has 0 aliphatic carbocycles. The van der Waals surface area contributed by atoms with Gasteiger partial charge in [-0.1, -0.05) is 6.07 Å². The van der Waals surface area contributed by atoms with Crippen molar-refractivity contribution in [2.24, 2.45) is 0 Å². The van der Waals surface area contributed by atoms with Gasteiger partial charge in [0.2, 0.25) is 0 Å². The maximum atomic E-state index is 8.82. The fraction of sp³-hybridized carbons (Fsp3) is 0.533. The molecular formula is C15H20N2O. The Morgan fingerprint density at radius 2 is 2.33 bits per heavy atom. The number of rotatable bonds is 4. The third-order valence-electron chi connectivity index (χ3n) is 3.59. The van der Waals surface area contributed by atoms with Gasteiger partial charge >= 0.3 is 0 Å². The molecule has 1 heterocycles. The summed E-state index contributed by atoms with van der Waals surface area (Å²) in [6.45, 7) is 6.81. The van der Waals surface area contributed by atoms with E-state index in [-0.39, 0.29) is 5.60 Å². The molecule has 1 fully saturated rings. The Morgan fingerprint density at radius 1 is 1.50 bits per heavy atom. The first kappa shape index (κ1) is 13.1. The Balaban J connectivity index is 1.89. The average Bonchev–Trinajstić information content (AvgIpc) is 2.78. The Morgan fingerprint density at radius 3 is 2.94 bits per heavy atom. The summed E-state index contributed by atoms with van der Waals surface area (Å²) in [4.78, 5) is 0. The zero-order chi connectivity index (χ0) is 13.0. The van der Waals surface area contributed by atoms with E-state index in [1.54, 1.807) is 0 Å². The first-order valence-electron chi connectivity index (χ1n) is 6.47. The minimum absolute atomic E-state index is 0.000496. The summed E-state index contributed by atoms with van der Waals surface area (Å²) >= 11 is 0. The lowest BCUT2D eigenvalue weighted by Gasteiger charge is -2.23. The van der Waals surface area contributed by atoms with Gasteiger partial charge in [0, 0.05) is 19.7 Å². The standard InChI is InChI=1S/C15H20N2O/c1-12-8-13(9-16)4-5-14(12)10-17-11-15(2)6-3-7-18-15/h4-5,8,17H,3,6-7,10-11H2,1-2H3. The van der Waals surface area contributed by atoms with Crippen LogP contribution in [0.2, 0.25) is 0 Å². The predicted molar refractivity (Wildman–Crippen MR) is 71.2 cm³/mol. The molecule has 1 unspecified atom stereocenters. The van der Waals surface area contributed by atoms with Crippen LogP contribution in [0.3, 0.4) is 0 Å². The lowest BCUT2D eigenvalue weighted by Crippen LogP contribution is -2.36. The Bertz CT molecular complexity index is 456. The quantitative estimate of drug-likeness (QED) is 0.885. The smallest absolute Gasteiger partial charge is 0.0991 e. The fourth-order valence-corrected chi connectivity index (χ4v) is 2.40. The highest BCUT2D eigenvalue weighted by molar-refractivity contribution is 5.37. The van der Waals surface area contributed by atoms with E-state index in [1.807, 2.05) is 25.1 Å². The second-order valence-electron chi connectivity index (χ2n) is 5.26. The summed E-state index contributed by atoms with van der Waals surface area (Å²) in [7, 11) is 0. The van der Waals surface area contributed by atoms with Gasteiger partial charge in [0.15, 0.2) is 0 Å². The highest BCUT2D eigenvalue weighted by Gasteiger charge is 2.28. The third kappa shape index (κ3) is 3.10. The van der Waals surface area contributed by atoms with Crippen molar-refractivity contribution in [2.45, 2.75) is 38.8 Å². The van der Waals surface area contributed by atoms with E-state index in [9.17, 15) is 0 Å². The Labute approximate surface area is 109 Å². The van der Waals surface area contributed by atoms with Gasteiger partial charge in [-0.3, -0.25) is 0 Å². The molecule has 1 aromatic carbocycles. The van der Waals surface area contributed by atoms with Crippen molar-refractivity contribution in [3.8, 4) is 6.07 Å². The molecule has 3 nitrogen and oxygen atoms in total. The van der Waals surface area contributed by atoms with Crippen LogP contribution in [0, 0.1) is 18.3 Å². The molecule has 1 saturated heterocycles. The molecule has 18 heavy (non-hydrogen) atoms. The van der Waals surface area contributed by atoms with Crippen LogP contribution in [0.25, 0.3) is 0 Å². The van der Waals surface area contributed by atoms with Crippen LogP contribution in [0.1, 0.15) is 36.5 Å². The minimum Gasteiger partial charge on any atom is -0.374 e. The molecule has 1 atom stereocenters. The number of ether oxygens (including phenoxy) is 1. The average molecular weight is 244 g/mol. The molecule has 3 heteroatoms. The number of hydrogen-bond donors (Lipinski definition) is 1. The SMILES string of the molecule is Cc1cc(C#N)ccc1CNCC1(C)CCCO1. The predicted octanol–water partition coefficient (Wildman–Crippen LogP) is 2.53. The Hall–Kier alpha value is -1.37. The lowest BCUT2D eigenvalue weighted by atomic mass is 10.0. The first-order valence-corrected chi connectivity index (χ1v) is 6.47. The van der Waals surface area contributed by atoms with Crippen molar-refractivity contribution in [2.75, 3.05) is 13.2 Å². The maximum absolute atomic E-state index is 8.82. The first-order chi connectivity index (χ1) is 8.63. The number of nitrogens with one attached hydrogen (secondary N) is 1. The van der Waals surface area contributed by atoms with Gasteiger partial charge < -0.3 is 10.1 Å². The van der Waals surface area contributed by atoms with Crippen molar-refractivity contribution < 1.29 is 4.74 Å². The fourth-order valence-electron chi connectivity index (χ4n) is 2.40. The Kier molecular flexibility index (Phi) is 4.00. The van der Waals surface area contributed by atoms with Gasteiger partial charge in [0.25, 0.3) is 0 Å². The molecule has 0 aromatic heterocycles. The normalized spacial score (nSPS) is 22.9. The van der Waals surface area contributed by atoms with Gasteiger partial charge in [-0.15, -0.1) is 0 Å². The minimum atomic E-state index is 0.000496. The lowest BCUT2D eigenvalue weighted by molar-refractivity contribution is 0.0206. The second kappa shape index (κ2) is 5.51. The van der Waals surface area contributed by atoms with Gasteiger partial charge in [0.1, 0.15) is 0 Å². The summed E-state index contributed by atoms with van der Waals surface area (Å²) in [5.41, 5.74) is 3.14. The van der Waals surface area contributed by atoms with Gasteiger partial charge in [-0.05, 0) is 49.9 Å². The summed E-state index contributed by atoms with van der Waals surface area (Å²) in [5, 5.41) is 12.3. The monoisotopic (exact) mass is 244 g/mol. The number of hydrogen-bond acceptors (Lipinski definition) is 3. The highest BCUT2D eigenvalue weighted by Crippen LogP contribution is 2.24. The number of aryl methyl sites for hydroxylation is 1. The molecule has 1 aliphatic rings. The molecule has 0 spiro atoms. The van der Waals surface area contributed by atoms with Crippen molar-refractivity contribution in [3.05, 3.63) is 34.9 Å². The van der Waals surface area contributed by atoms with Crippen molar-refractivity contribution in [3.63, 3.8) is 0 Å². The largest absolute Gasteiger partial charge is 0.374 e. The van der Waals surface area contributed by atoms with Gasteiger partial charge in [0.05, 0.1) is 17.2 Å². The number of benzene rings is 1. The van der Waals surface area contributed by atoms with Crippen LogP contribution in [-0.4, -0.2) is 18.8 Å². The number of nitriles is 1. The summed E-state index contributed by atoms with van der Waals surface area (Å²) in [5.74, 6) is 0. The van der Waals surface area contributed by atoms with Crippen LogP contribution >= 0.6 is 0 Å². The van der Waals surface area contributed by atoms with Gasteiger partial charge in [-0.2, -0.15) is 5.26 Å². The van der Waals surface area contributed by atoms with E-state index in [4.69, 9.17) is 10.00 Å². The molecule has 0 amide bonds. The zero-order valence-corrected chi connectivity index (χ0v) is 11.1. The molecule has 1 aromatic rings. The van der Waals surface area contributed by atoms with E-state index in [2.05, 4.69) is 18.3 Å². The van der Waals surface area contributed by atoms with E-state index < -0.39 is 0 Å². The van der Waals surface area contributed by atoms with E-state index in [1.165, 1.54) is 11.1 Å². The molecule has 1 N–H and O–H groups in total. The molecule has 2 rings (SSSR count). The summed E-state index contributed by atoms with van der Waals surface area (Å²) in [6, 6.07) is 8.00. The highest BCUT2D eigenvalue weighted by atomic mass is 16.5. The van der Waals surface area contributed by atoms with Crippen LogP contribution in [-0.2, 0) is 11.3 Å². The maximum Gasteiger partial charge on any atom is 0.0991 e. The summed E-state index contributed by atoms with van der Waals surface area (Å²) in [6.07, 6.45) is 2.29. The third-order valence-corrected chi connectivity index (χ3v) is 3.59. The van der Waals surface area contributed by atoms with E-state index in [0.29, 0.717) is 0 Å². The molecule has 0 saturated carbocycles. The second-order valence-corrected chi connectivity index (χ2v) is 5.26. The van der Waals surface area contributed by atoms with Crippen LogP contribution in [0.4, 0.5) is 0 Å². The van der Waals surface area contributed by atoms with Crippen LogP contribution < -0.4 is 5.32 Å².